The summed E-state index contributed by atoms with van der Waals surface area (Å²) in [7, 11) is 5.40. The van der Waals surface area contributed by atoms with Crippen LogP contribution in [0.5, 0.6) is 0 Å². The van der Waals surface area contributed by atoms with Crippen LogP contribution in [0, 0.1) is 13.8 Å². The number of nitrogens with zero attached hydrogens (tertiary/aromatic N) is 4. The number of aliphatic imine (C=N–C) groups is 1. The number of nitrogens with one attached hydrogen (secondary N) is 2. The van der Waals surface area contributed by atoms with Crippen LogP contribution in [0.3, 0.4) is 0 Å². The smallest absolute Gasteiger partial charge is 0.239 e. The molecule has 1 aliphatic rings. The number of carbonyl (C=O) groups excluding carboxylic acids is 1. The molecule has 8 nitrogen and oxygen atoms in total. The van der Waals surface area contributed by atoms with Crippen molar-refractivity contribution in [1.29, 1.82) is 0 Å². The summed E-state index contributed by atoms with van der Waals surface area (Å²) in [6.07, 6.45) is 3.01. The summed E-state index contributed by atoms with van der Waals surface area (Å²) >= 11 is 0. The average molecular weight is 492 g/mol. The number of likely N-dealkylation sites (tertiary alicyclic amines) is 1. The van der Waals surface area contributed by atoms with Gasteiger partial charge in [-0.15, -0.1) is 24.0 Å². The molecule has 0 aromatic carbocycles. The number of amides is 1. The van der Waals surface area contributed by atoms with E-state index in [1.165, 1.54) is 0 Å². The first-order valence-corrected chi connectivity index (χ1v) is 9.25. The van der Waals surface area contributed by atoms with Gasteiger partial charge in [0.15, 0.2) is 5.96 Å². The summed E-state index contributed by atoms with van der Waals surface area (Å²) in [5.74, 6) is 2.44. The van der Waals surface area contributed by atoms with Crippen molar-refractivity contribution in [2.75, 3.05) is 40.8 Å². The maximum absolute atomic E-state index is 12.2. The molecule has 154 valence electrons. The highest BCUT2D eigenvalue weighted by Gasteiger charge is 2.30. The monoisotopic (exact) mass is 492 g/mol. The normalized spacial score (nSPS) is 17.5. The van der Waals surface area contributed by atoms with Crippen LogP contribution in [0.4, 0.5) is 0 Å². The van der Waals surface area contributed by atoms with E-state index in [1.54, 1.807) is 11.9 Å². The van der Waals surface area contributed by atoms with E-state index in [4.69, 9.17) is 4.42 Å². The minimum atomic E-state index is 0. The van der Waals surface area contributed by atoms with Gasteiger partial charge < -0.3 is 20.0 Å². The van der Waals surface area contributed by atoms with E-state index in [2.05, 4.69) is 25.5 Å². The molecule has 2 rings (SSSR count). The van der Waals surface area contributed by atoms with Gasteiger partial charge in [0.05, 0.1) is 18.3 Å². The van der Waals surface area contributed by atoms with Gasteiger partial charge >= 0.3 is 0 Å². The van der Waals surface area contributed by atoms with Gasteiger partial charge in [-0.05, 0) is 39.7 Å². The third-order valence-electron chi connectivity index (χ3n) is 4.71. The van der Waals surface area contributed by atoms with Gasteiger partial charge in [-0.3, -0.25) is 14.7 Å². The first-order valence-electron chi connectivity index (χ1n) is 9.25. The van der Waals surface area contributed by atoms with Crippen molar-refractivity contribution in [2.24, 2.45) is 4.99 Å². The van der Waals surface area contributed by atoms with Crippen molar-refractivity contribution in [1.82, 2.24) is 25.4 Å². The van der Waals surface area contributed by atoms with Gasteiger partial charge in [0.1, 0.15) is 5.76 Å². The number of aromatic nitrogens is 1. The number of halogens is 1. The fourth-order valence-electron chi connectivity index (χ4n) is 3.16. The van der Waals surface area contributed by atoms with Gasteiger partial charge in [0.2, 0.25) is 11.8 Å². The molecule has 0 aliphatic carbocycles. The van der Waals surface area contributed by atoms with Crippen LogP contribution in [0.2, 0.25) is 0 Å². The second-order valence-electron chi connectivity index (χ2n) is 6.88. The molecule has 0 saturated carbocycles. The Morgan fingerprint density at radius 1 is 1.37 bits per heavy atom. The van der Waals surface area contributed by atoms with Crippen molar-refractivity contribution in [3.63, 3.8) is 0 Å². The number of hydrogen-bond acceptors (Lipinski definition) is 5. The first-order chi connectivity index (χ1) is 12.4. The Morgan fingerprint density at radius 2 is 2.11 bits per heavy atom. The minimum absolute atomic E-state index is 0. The summed E-state index contributed by atoms with van der Waals surface area (Å²) in [6, 6.07) is 0.0407. The van der Waals surface area contributed by atoms with Crippen LogP contribution in [0.1, 0.15) is 36.6 Å². The zero-order valence-electron chi connectivity index (χ0n) is 17.0. The highest BCUT2D eigenvalue weighted by atomic mass is 127. The number of hydrogen-bond donors (Lipinski definition) is 2. The molecule has 1 aromatic heterocycles. The predicted octanol–water partition coefficient (Wildman–Crippen LogP) is 1.52. The Morgan fingerprint density at radius 3 is 2.70 bits per heavy atom. The number of rotatable bonds is 7. The summed E-state index contributed by atoms with van der Waals surface area (Å²) in [5, 5.41) is 6.50. The summed E-state index contributed by atoms with van der Waals surface area (Å²) in [4.78, 5) is 24.8. The summed E-state index contributed by atoms with van der Waals surface area (Å²) in [5.41, 5.74) is 0.914. The van der Waals surface area contributed by atoms with E-state index in [-0.39, 0.29) is 35.9 Å². The number of guanidine groups is 1. The fraction of sp³-hybridized carbons (Fsp3) is 0.722. The van der Waals surface area contributed by atoms with E-state index < -0.39 is 0 Å². The highest BCUT2D eigenvalue weighted by molar-refractivity contribution is 14.0. The molecule has 27 heavy (non-hydrogen) atoms. The fourth-order valence-corrected chi connectivity index (χ4v) is 3.16. The Balaban J connectivity index is 0.00000364. The van der Waals surface area contributed by atoms with Crippen LogP contribution in [0.25, 0.3) is 0 Å². The highest BCUT2D eigenvalue weighted by Crippen LogP contribution is 2.18. The number of oxazole rings is 1. The van der Waals surface area contributed by atoms with Crippen LogP contribution in [0.15, 0.2) is 9.41 Å². The molecule has 1 atom stereocenters. The molecular weight excluding hydrogens is 459 g/mol. The lowest BCUT2D eigenvalue weighted by molar-refractivity contribution is -0.133. The number of aryl methyl sites for hydroxylation is 2. The standard InChI is InChI=1S/C18H32N6O2.HI/c1-13-14(2)26-16(22-13)12-21-18(19-3)20-9-7-11-24-10-6-8-15(24)17(25)23(4)5;/h15H,6-12H2,1-5H3,(H2,19,20,21);1H. The molecule has 9 heteroatoms. The lowest BCUT2D eigenvalue weighted by atomic mass is 10.2. The van der Waals surface area contributed by atoms with Crippen molar-refractivity contribution >= 4 is 35.8 Å². The molecule has 1 unspecified atom stereocenters. The predicted molar refractivity (Wildman–Crippen MR) is 117 cm³/mol. The summed E-state index contributed by atoms with van der Waals surface area (Å²) in [6.45, 7) is 7.04. The lowest BCUT2D eigenvalue weighted by Crippen LogP contribution is -2.44. The zero-order valence-corrected chi connectivity index (χ0v) is 19.4. The number of likely N-dealkylation sites (N-methyl/N-ethyl adjacent to an activating group) is 1. The van der Waals surface area contributed by atoms with Gasteiger partial charge in [-0.2, -0.15) is 0 Å². The molecule has 0 bridgehead atoms. The van der Waals surface area contributed by atoms with Crippen molar-refractivity contribution in [2.45, 2.75) is 45.7 Å². The third-order valence-corrected chi connectivity index (χ3v) is 4.71. The van der Waals surface area contributed by atoms with Crippen LogP contribution < -0.4 is 10.6 Å². The van der Waals surface area contributed by atoms with Crippen molar-refractivity contribution in [3.8, 4) is 0 Å². The van der Waals surface area contributed by atoms with E-state index in [0.29, 0.717) is 12.4 Å². The Hall–Kier alpha value is -1.36. The maximum Gasteiger partial charge on any atom is 0.239 e. The molecule has 0 spiro atoms. The SMILES string of the molecule is CN=C(NCCCN1CCCC1C(=O)N(C)C)NCc1nc(C)c(C)o1.I. The number of carbonyl (C=O) groups is 1. The van der Waals surface area contributed by atoms with Crippen LogP contribution >= 0.6 is 24.0 Å². The average Bonchev–Trinajstić information content (AvgIpc) is 3.20. The van der Waals surface area contributed by atoms with E-state index >= 15 is 0 Å². The summed E-state index contributed by atoms with van der Waals surface area (Å²) < 4.78 is 5.56. The molecule has 1 aromatic rings. The molecular formula is C18H33IN6O2. The Kier molecular flexibility index (Phi) is 10.1. The van der Waals surface area contributed by atoms with Gasteiger partial charge in [0, 0.05) is 34.2 Å². The second-order valence-corrected chi connectivity index (χ2v) is 6.88. The molecule has 2 heterocycles. The molecule has 1 saturated heterocycles. The maximum atomic E-state index is 12.2. The third kappa shape index (κ3) is 6.95. The first kappa shape index (κ1) is 23.7. The van der Waals surface area contributed by atoms with Gasteiger partial charge in [-0.25, -0.2) is 4.98 Å². The molecule has 1 aliphatic heterocycles. The molecule has 2 N–H and O–H groups in total. The van der Waals surface area contributed by atoms with Crippen molar-refractivity contribution in [3.05, 3.63) is 17.3 Å². The second kappa shape index (κ2) is 11.5. The quantitative estimate of drug-likeness (QED) is 0.260. The van der Waals surface area contributed by atoms with E-state index in [1.807, 2.05) is 27.9 Å². The molecule has 1 amide bonds. The van der Waals surface area contributed by atoms with E-state index in [9.17, 15) is 4.79 Å². The lowest BCUT2D eigenvalue weighted by Gasteiger charge is -2.26. The Labute approximate surface area is 179 Å². The van der Waals surface area contributed by atoms with Gasteiger partial charge in [-0.1, -0.05) is 0 Å². The van der Waals surface area contributed by atoms with Crippen LogP contribution in [-0.2, 0) is 11.3 Å². The van der Waals surface area contributed by atoms with Gasteiger partial charge in [0.25, 0.3) is 0 Å². The zero-order chi connectivity index (χ0) is 19.1. The largest absolute Gasteiger partial charge is 0.444 e. The van der Waals surface area contributed by atoms with Crippen molar-refractivity contribution < 1.29 is 9.21 Å². The van der Waals surface area contributed by atoms with E-state index in [0.717, 1.165) is 56.3 Å². The van der Waals surface area contributed by atoms with Crippen LogP contribution in [-0.4, -0.2) is 73.5 Å². The Bertz CT molecular complexity index is 612. The topological polar surface area (TPSA) is 86.0 Å². The minimum Gasteiger partial charge on any atom is -0.444 e. The molecule has 1 fully saturated rings. The molecule has 0 radical (unpaired) electrons.